The summed E-state index contributed by atoms with van der Waals surface area (Å²) in [5.41, 5.74) is 4.47. The molecule has 0 fully saturated rings. The first-order chi connectivity index (χ1) is 15.7. The van der Waals surface area contributed by atoms with E-state index in [1.54, 1.807) is 6.07 Å². The van der Waals surface area contributed by atoms with Crippen LogP contribution < -0.4 is 9.08 Å². The van der Waals surface area contributed by atoms with Gasteiger partial charge in [-0.1, -0.05) is 29.9 Å². The molecular weight excluding hydrogens is 480 g/mol. The van der Waals surface area contributed by atoms with E-state index in [1.165, 1.54) is 16.9 Å². The summed E-state index contributed by atoms with van der Waals surface area (Å²) in [7, 11) is 0. The second-order valence-corrected chi connectivity index (χ2v) is 11.1. The van der Waals surface area contributed by atoms with Gasteiger partial charge in [0.05, 0.1) is 10.2 Å². The molecular formula is C23H23ClN4O3S2. The molecule has 2 atom stereocenters. The lowest BCUT2D eigenvalue weighted by Gasteiger charge is -2.50. The zero-order valence-electron chi connectivity index (χ0n) is 18.5. The fourth-order valence-corrected chi connectivity index (χ4v) is 6.44. The number of rotatable bonds is 4. The molecule has 7 nitrogen and oxygen atoms in total. The minimum atomic E-state index is -2.47. The van der Waals surface area contributed by atoms with Crippen molar-refractivity contribution in [1.82, 2.24) is 4.98 Å². The Morgan fingerprint density at radius 3 is 2.97 bits per heavy atom. The molecule has 2 aliphatic rings. The molecule has 3 heterocycles. The first kappa shape index (κ1) is 22.5. The van der Waals surface area contributed by atoms with Crippen LogP contribution in [0.25, 0.3) is 10.2 Å². The van der Waals surface area contributed by atoms with Crippen LogP contribution >= 0.6 is 22.9 Å². The molecule has 1 N–H and O–H groups in total. The van der Waals surface area contributed by atoms with Crippen LogP contribution in [0.3, 0.4) is 0 Å². The highest BCUT2D eigenvalue weighted by Gasteiger charge is 2.41. The van der Waals surface area contributed by atoms with E-state index in [0.717, 1.165) is 47.3 Å². The minimum Gasteiger partial charge on any atom is -0.377 e. The van der Waals surface area contributed by atoms with E-state index in [4.69, 9.17) is 15.8 Å². The fourth-order valence-electron chi connectivity index (χ4n) is 5.05. The molecule has 0 bridgehead atoms. The van der Waals surface area contributed by atoms with Crippen LogP contribution in [0.2, 0.25) is 5.02 Å². The summed E-state index contributed by atoms with van der Waals surface area (Å²) in [4.78, 5) is 15.5. The topological polar surface area (TPSA) is 87.4 Å². The third kappa shape index (κ3) is 4.20. The Labute approximate surface area is 203 Å². The molecule has 0 radical (unpaired) electrons. The van der Waals surface area contributed by atoms with Crippen LogP contribution in [0.4, 0.5) is 16.5 Å². The minimum absolute atomic E-state index is 0.000785. The average Bonchev–Trinajstić information content (AvgIpc) is 3.14. The Hall–Kier alpha value is -2.29. The molecule has 33 heavy (non-hydrogen) atoms. The third-order valence-electron chi connectivity index (χ3n) is 6.31. The second-order valence-electron chi connectivity index (χ2n) is 9.05. The Kier molecular flexibility index (Phi) is 5.79. The lowest BCUT2D eigenvalue weighted by Crippen LogP contribution is -2.50. The van der Waals surface area contributed by atoms with E-state index in [0.29, 0.717) is 27.5 Å². The third-order valence-corrected chi connectivity index (χ3v) is 7.77. The average molecular weight is 503 g/mol. The zero-order valence-corrected chi connectivity index (χ0v) is 20.9. The monoisotopic (exact) mass is 502 g/mol. The summed E-state index contributed by atoms with van der Waals surface area (Å²) < 4.78 is 27.5. The molecule has 0 amide bonds. The molecule has 0 aliphatic carbocycles. The van der Waals surface area contributed by atoms with Gasteiger partial charge in [0.2, 0.25) is 5.13 Å². The van der Waals surface area contributed by atoms with Crippen molar-refractivity contribution in [2.45, 2.75) is 51.5 Å². The molecule has 5 rings (SSSR count). The van der Waals surface area contributed by atoms with Gasteiger partial charge in [-0.25, -0.2) is 4.98 Å². The van der Waals surface area contributed by atoms with Gasteiger partial charge in [0.1, 0.15) is 11.7 Å². The van der Waals surface area contributed by atoms with Crippen LogP contribution in [0.15, 0.2) is 34.3 Å². The summed E-state index contributed by atoms with van der Waals surface area (Å²) in [6, 6.07) is 10.1. The van der Waals surface area contributed by atoms with Gasteiger partial charge in [-0.3, -0.25) is 4.55 Å². The van der Waals surface area contributed by atoms with Crippen molar-refractivity contribution in [3.05, 3.63) is 40.4 Å². The first-order valence-electron chi connectivity index (χ1n) is 10.7. The molecule has 0 saturated heterocycles. The van der Waals surface area contributed by atoms with Crippen LogP contribution in [0.5, 0.6) is 5.75 Å². The number of thiazole rings is 1. The number of fused-ring (bicyclic) bond motifs is 1. The van der Waals surface area contributed by atoms with Crippen molar-refractivity contribution in [2.24, 2.45) is 9.98 Å². The SMILES string of the molecule is CC1CC(C)(C)N2CCCc3c(OS(=O)O)c(N=C=Nc4nc5ccc(Cl)cc5s4)cc1c32. The maximum atomic E-state index is 11.6. The van der Waals surface area contributed by atoms with E-state index < -0.39 is 11.4 Å². The zero-order chi connectivity index (χ0) is 23.3. The summed E-state index contributed by atoms with van der Waals surface area (Å²) in [6.07, 6.45) is 2.71. The lowest BCUT2D eigenvalue weighted by atomic mass is 9.76. The highest BCUT2D eigenvalue weighted by molar-refractivity contribution is 7.74. The molecule has 2 aliphatic heterocycles. The molecule has 0 spiro atoms. The van der Waals surface area contributed by atoms with Gasteiger partial charge in [-0.15, -0.1) is 0 Å². The summed E-state index contributed by atoms with van der Waals surface area (Å²) >= 11 is 4.98. The van der Waals surface area contributed by atoms with Gasteiger partial charge < -0.3 is 9.08 Å². The van der Waals surface area contributed by atoms with Gasteiger partial charge in [-0.05, 0) is 68.9 Å². The summed E-state index contributed by atoms with van der Waals surface area (Å²) in [5.74, 6) is 0.639. The largest absolute Gasteiger partial charge is 0.377 e. The van der Waals surface area contributed by atoms with Crippen LogP contribution in [0, 0.1) is 0 Å². The Bertz CT molecular complexity index is 1350. The van der Waals surface area contributed by atoms with E-state index in [9.17, 15) is 8.76 Å². The van der Waals surface area contributed by atoms with Gasteiger partial charge in [0.25, 0.3) is 0 Å². The molecule has 0 saturated carbocycles. The van der Waals surface area contributed by atoms with Crippen molar-refractivity contribution in [2.75, 3.05) is 11.4 Å². The molecule has 1 aromatic heterocycles. The number of hydrogen-bond acceptors (Lipinski definition) is 7. The number of halogens is 1. The summed E-state index contributed by atoms with van der Waals surface area (Å²) in [5, 5.41) is 1.15. The van der Waals surface area contributed by atoms with Crippen molar-refractivity contribution in [3.63, 3.8) is 0 Å². The second kappa shape index (κ2) is 8.49. The number of anilines is 1. The smallest absolute Gasteiger partial charge is 0.357 e. The molecule has 2 unspecified atom stereocenters. The highest BCUT2D eigenvalue weighted by Crippen LogP contribution is 2.52. The standard InChI is InChI=1S/C23H23ClN4O3S2/c1-13-11-23(2,3)28-8-4-5-15-20(28)16(13)10-18(21(15)31-33(29)30)25-12-26-22-27-17-7-6-14(24)9-19(17)32-22/h6-7,9-10,13H,4-5,8,11H2,1-3H3,(H,29,30). The number of hydrogen-bond donors (Lipinski definition) is 1. The molecule has 3 aromatic rings. The fraction of sp³-hybridized carbons (Fsp3) is 0.391. The van der Waals surface area contributed by atoms with Gasteiger partial charge >= 0.3 is 11.4 Å². The number of benzene rings is 2. The van der Waals surface area contributed by atoms with Gasteiger partial charge in [-0.2, -0.15) is 14.2 Å². The predicted molar refractivity (Wildman–Crippen MR) is 134 cm³/mol. The van der Waals surface area contributed by atoms with E-state index in [1.807, 2.05) is 18.2 Å². The predicted octanol–water partition coefficient (Wildman–Crippen LogP) is 6.64. The number of aromatic nitrogens is 1. The number of aliphatic imine (C=N–C) groups is 2. The molecule has 10 heteroatoms. The number of nitrogens with zero attached hydrogens (tertiary/aromatic N) is 4. The van der Waals surface area contributed by atoms with E-state index in [2.05, 4.69) is 46.6 Å². The van der Waals surface area contributed by atoms with Crippen molar-refractivity contribution >= 4 is 67.0 Å². The molecule has 2 aromatic carbocycles. The Morgan fingerprint density at radius 2 is 2.18 bits per heavy atom. The van der Waals surface area contributed by atoms with Crippen LogP contribution in [-0.4, -0.2) is 31.8 Å². The van der Waals surface area contributed by atoms with E-state index in [-0.39, 0.29) is 5.54 Å². The molecule has 172 valence electrons. The van der Waals surface area contributed by atoms with E-state index >= 15 is 0 Å². The van der Waals surface area contributed by atoms with Crippen LogP contribution in [-0.2, 0) is 17.8 Å². The van der Waals surface area contributed by atoms with Crippen LogP contribution in [0.1, 0.15) is 50.7 Å². The highest BCUT2D eigenvalue weighted by atomic mass is 35.5. The van der Waals surface area contributed by atoms with Gasteiger partial charge in [0.15, 0.2) is 5.75 Å². The maximum Gasteiger partial charge on any atom is 0.357 e. The van der Waals surface area contributed by atoms with Gasteiger partial charge in [0, 0.05) is 28.4 Å². The first-order valence-corrected chi connectivity index (χ1v) is 12.9. The van der Waals surface area contributed by atoms with Crippen molar-refractivity contribution in [1.29, 1.82) is 0 Å². The van der Waals surface area contributed by atoms with Crippen molar-refractivity contribution in [3.8, 4) is 5.75 Å². The Morgan fingerprint density at radius 1 is 1.36 bits per heavy atom. The normalized spacial score (nSPS) is 19.5. The maximum absolute atomic E-state index is 11.6. The Balaban J connectivity index is 1.61. The van der Waals surface area contributed by atoms with Crippen molar-refractivity contribution < 1.29 is 12.9 Å². The quantitative estimate of drug-likeness (QED) is 0.319. The summed E-state index contributed by atoms with van der Waals surface area (Å²) in [6.45, 7) is 7.65. The lowest BCUT2D eigenvalue weighted by molar-refractivity contribution is 0.364.